The highest BCUT2D eigenvalue weighted by atomic mass is 16.2. The first-order valence-electron chi connectivity index (χ1n) is 9.45. The van der Waals surface area contributed by atoms with Crippen molar-refractivity contribution in [2.45, 2.75) is 40.2 Å². The molecule has 144 valence electrons. The summed E-state index contributed by atoms with van der Waals surface area (Å²) in [6.07, 6.45) is 0.767. The summed E-state index contributed by atoms with van der Waals surface area (Å²) in [7, 11) is 0. The van der Waals surface area contributed by atoms with Gasteiger partial charge in [0.25, 0.3) is 5.91 Å². The number of aryl methyl sites for hydroxylation is 2. The molecule has 3 amide bonds. The van der Waals surface area contributed by atoms with Gasteiger partial charge in [0.1, 0.15) is 0 Å². The standard InChI is InChI=1S/C20H27N5O2/c1-13(2)21-20(27)25-9-5-8-24(10-11-25)19(26)16-6-7-17-18(12-16)23-15(4)14(3)22-17/h6-7,12-13H,5,8-11H2,1-4H3,(H,21,27). The number of benzene rings is 1. The molecule has 3 rings (SSSR count). The first-order valence-corrected chi connectivity index (χ1v) is 9.45. The third-order valence-electron chi connectivity index (χ3n) is 4.80. The van der Waals surface area contributed by atoms with Crippen LogP contribution in [0.2, 0.25) is 0 Å². The molecule has 2 heterocycles. The van der Waals surface area contributed by atoms with E-state index in [1.165, 1.54) is 0 Å². The first-order chi connectivity index (χ1) is 12.8. The highest BCUT2D eigenvalue weighted by Crippen LogP contribution is 2.17. The summed E-state index contributed by atoms with van der Waals surface area (Å²) in [6.45, 7) is 10.1. The fourth-order valence-electron chi connectivity index (χ4n) is 3.21. The lowest BCUT2D eigenvalue weighted by molar-refractivity contribution is 0.0762. The monoisotopic (exact) mass is 369 g/mol. The highest BCUT2D eigenvalue weighted by Gasteiger charge is 2.23. The van der Waals surface area contributed by atoms with Gasteiger partial charge in [0.15, 0.2) is 0 Å². The van der Waals surface area contributed by atoms with Crippen LogP contribution in [0.3, 0.4) is 0 Å². The minimum atomic E-state index is -0.0638. The second-order valence-electron chi connectivity index (χ2n) is 7.33. The fourth-order valence-corrected chi connectivity index (χ4v) is 3.21. The third-order valence-corrected chi connectivity index (χ3v) is 4.80. The van der Waals surface area contributed by atoms with Crippen molar-refractivity contribution < 1.29 is 9.59 Å². The van der Waals surface area contributed by atoms with E-state index in [0.717, 1.165) is 28.8 Å². The topological polar surface area (TPSA) is 78.4 Å². The number of hydrogen-bond acceptors (Lipinski definition) is 4. The number of nitrogens with one attached hydrogen (secondary N) is 1. The summed E-state index contributed by atoms with van der Waals surface area (Å²) >= 11 is 0. The van der Waals surface area contributed by atoms with Gasteiger partial charge in [-0.05, 0) is 52.3 Å². The Morgan fingerprint density at radius 1 is 0.963 bits per heavy atom. The van der Waals surface area contributed by atoms with E-state index in [1.807, 2.05) is 50.8 Å². The van der Waals surface area contributed by atoms with E-state index in [9.17, 15) is 9.59 Å². The molecule has 7 heteroatoms. The van der Waals surface area contributed by atoms with Crippen LogP contribution in [-0.2, 0) is 0 Å². The normalized spacial score (nSPS) is 15.1. The van der Waals surface area contributed by atoms with E-state index >= 15 is 0 Å². The molecular weight excluding hydrogens is 342 g/mol. The Bertz CT molecular complexity index is 865. The molecule has 0 unspecified atom stereocenters. The Balaban J connectivity index is 1.73. The van der Waals surface area contributed by atoms with Crippen LogP contribution in [0.5, 0.6) is 0 Å². The maximum Gasteiger partial charge on any atom is 0.317 e. The maximum absolute atomic E-state index is 13.0. The number of aromatic nitrogens is 2. The number of urea groups is 1. The summed E-state index contributed by atoms with van der Waals surface area (Å²) in [5.74, 6) is -0.0250. The average molecular weight is 369 g/mol. The van der Waals surface area contributed by atoms with E-state index in [4.69, 9.17) is 0 Å². The minimum absolute atomic E-state index is 0.0250. The summed E-state index contributed by atoms with van der Waals surface area (Å²) < 4.78 is 0. The molecule has 1 aliphatic heterocycles. The molecule has 0 bridgehead atoms. The van der Waals surface area contributed by atoms with E-state index in [-0.39, 0.29) is 18.0 Å². The van der Waals surface area contributed by atoms with Gasteiger partial charge in [0.2, 0.25) is 0 Å². The molecule has 7 nitrogen and oxygen atoms in total. The van der Waals surface area contributed by atoms with Crippen molar-refractivity contribution in [3.63, 3.8) is 0 Å². The van der Waals surface area contributed by atoms with Gasteiger partial charge in [-0.2, -0.15) is 0 Å². The van der Waals surface area contributed by atoms with Crippen LogP contribution in [0.25, 0.3) is 11.0 Å². The summed E-state index contributed by atoms with van der Waals surface area (Å²) in [5, 5.41) is 2.91. The lowest BCUT2D eigenvalue weighted by Crippen LogP contribution is -2.44. The van der Waals surface area contributed by atoms with Crippen molar-refractivity contribution in [3.8, 4) is 0 Å². The Morgan fingerprint density at radius 2 is 1.59 bits per heavy atom. The second-order valence-corrected chi connectivity index (χ2v) is 7.33. The van der Waals surface area contributed by atoms with E-state index in [2.05, 4.69) is 15.3 Å². The van der Waals surface area contributed by atoms with Crippen molar-refractivity contribution in [1.82, 2.24) is 25.1 Å². The predicted octanol–water partition coefficient (Wildman–Crippen LogP) is 2.51. The van der Waals surface area contributed by atoms with Crippen LogP contribution in [0.1, 0.15) is 42.0 Å². The van der Waals surface area contributed by atoms with Gasteiger partial charge in [-0.1, -0.05) is 0 Å². The van der Waals surface area contributed by atoms with Crippen LogP contribution in [-0.4, -0.2) is 63.9 Å². The van der Waals surface area contributed by atoms with Crippen LogP contribution in [0, 0.1) is 13.8 Å². The van der Waals surface area contributed by atoms with Gasteiger partial charge in [-0.25, -0.2) is 14.8 Å². The smallest absolute Gasteiger partial charge is 0.317 e. The van der Waals surface area contributed by atoms with Gasteiger partial charge in [-0.3, -0.25) is 4.79 Å². The van der Waals surface area contributed by atoms with Crippen LogP contribution >= 0.6 is 0 Å². The molecule has 0 radical (unpaired) electrons. The number of carbonyl (C=O) groups excluding carboxylic acids is 2. The average Bonchev–Trinajstić information content (AvgIpc) is 2.87. The molecule has 1 saturated heterocycles. The molecule has 0 aliphatic carbocycles. The summed E-state index contributed by atoms with van der Waals surface area (Å²) in [4.78, 5) is 37.8. The lowest BCUT2D eigenvalue weighted by Gasteiger charge is -2.23. The molecule has 1 aromatic heterocycles. The summed E-state index contributed by atoms with van der Waals surface area (Å²) in [6, 6.07) is 5.51. The van der Waals surface area contributed by atoms with Crippen LogP contribution in [0.15, 0.2) is 18.2 Å². The quantitative estimate of drug-likeness (QED) is 0.882. The molecule has 0 saturated carbocycles. The number of rotatable bonds is 2. The molecule has 1 aromatic carbocycles. The minimum Gasteiger partial charge on any atom is -0.337 e. The van der Waals surface area contributed by atoms with Crippen molar-refractivity contribution >= 4 is 23.0 Å². The Kier molecular flexibility index (Phi) is 5.58. The Morgan fingerprint density at radius 3 is 2.30 bits per heavy atom. The molecule has 0 atom stereocenters. The number of fused-ring (bicyclic) bond motifs is 1. The van der Waals surface area contributed by atoms with Gasteiger partial charge < -0.3 is 15.1 Å². The van der Waals surface area contributed by atoms with Crippen molar-refractivity contribution in [3.05, 3.63) is 35.2 Å². The van der Waals surface area contributed by atoms with E-state index < -0.39 is 0 Å². The lowest BCUT2D eigenvalue weighted by atomic mass is 10.1. The number of hydrogen-bond donors (Lipinski definition) is 1. The molecule has 1 fully saturated rings. The van der Waals surface area contributed by atoms with Crippen molar-refractivity contribution in [1.29, 1.82) is 0 Å². The van der Waals surface area contributed by atoms with Gasteiger partial charge in [0, 0.05) is 37.8 Å². The highest BCUT2D eigenvalue weighted by molar-refractivity contribution is 5.97. The van der Waals surface area contributed by atoms with Crippen LogP contribution < -0.4 is 5.32 Å². The molecule has 1 aliphatic rings. The molecule has 27 heavy (non-hydrogen) atoms. The second kappa shape index (κ2) is 7.90. The van der Waals surface area contributed by atoms with Crippen molar-refractivity contribution in [2.75, 3.05) is 26.2 Å². The first kappa shape index (κ1) is 19.1. The van der Waals surface area contributed by atoms with E-state index in [1.54, 1.807) is 4.90 Å². The van der Waals surface area contributed by atoms with Gasteiger partial charge in [0.05, 0.1) is 22.4 Å². The summed E-state index contributed by atoms with van der Waals surface area (Å²) in [5.41, 5.74) is 3.90. The Labute approximate surface area is 159 Å². The Hall–Kier alpha value is -2.70. The van der Waals surface area contributed by atoms with Crippen LogP contribution in [0.4, 0.5) is 4.79 Å². The SMILES string of the molecule is Cc1nc2ccc(C(=O)N3CCCN(C(=O)NC(C)C)CC3)cc2nc1C. The predicted molar refractivity (Wildman–Crippen MR) is 105 cm³/mol. The molecular formula is C20H27N5O2. The zero-order valence-corrected chi connectivity index (χ0v) is 16.5. The molecule has 0 spiro atoms. The molecule has 2 aromatic rings. The number of amides is 3. The maximum atomic E-state index is 13.0. The third kappa shape index (κ3) is 4.35. The number of nitrogens with zero attached hydrogens (tertiary/aromatic N) is 4. The number of carbonyl (C=O) groups is 2. The fraction of sp³-hybridized carbons (Fsp3) is 0.500. The zero-order valence-electron chi connectivity index (χ0n) is 16.5. The van der Waals surface area contributed by atoms with Gasteiger partial charge >= 0.3 is 6.03 Å². The zero-order chi connectivity index (χ0) is 19.6. The van der Waals surface area contributed by atoms with E-state index in [0.29, 0.717) is 31.7 Å². The largest absolute Gasteiger partial charge is 0.337 e. The van der Waals surface area contributed by atoms with Crippen molar-refractivity contribution in [2.24, 2.45) is 0 Å². The van der Waals surface area contributed by atoms with Gasteiger partial charge in [-0.15, -0.1) is 0 Å². The molecule has 1 N–H and O–H groups in total.